The molecular weight excluding hydrogens is 362 g/mol. The zero-order chi connectivity index (χ0) is 19.5. The van der Waals surface area contributed by atoms with Gasteiger partial charge in [0.1, 0.15) is 0 Å². The Morgan fingerprint density at radius 3 is 2.48 bits per heavy atom. The number of thioether (sulfide) groups is 1. The lowest BCUT2D eigenvalue weighted by Crippen LogP contribution is -2.15. The second-order valence-corrected chi connectivity index (χ2v) is 7.10. The van der Waals surface area contributed by atoms with Crippen molar-refractivity contribution in [3.63, 3.8) is 0 Å². The van der Waals surface area contributed by atoms with Gasteiger partial charge in [-0.15, -0.1) is 0 Å². The van der Waals surface area contributed by atoms with Gasteiger partial charge in [0.2, 0.25) is 0 Å². The Morgan fingerprint density at radius 2 is 1.81 bits per heavy atom. The van der Waals surface area contributed by atoms with Gasteiger partial charge in [-0.05, 0) is 54.4 Å². The molecular formula is C21H25NO4S. The molecule has 1 amide bonds. The monoisotopic (exact) mass is 387 g/mol. The SMILES string of the molecule is COc1ccc(S/C(=C\C(=O)NO)CCCCc2ccccc2)cc1OC. The molecule has 0 atom stereocenters. The van der Waals surface area contributed by atoms with Gasteiger partial charge in [-0.25, -0.2) is 5.48 Å². The number of ether oxygens (including phenoxy) is 2. The van der Waals surface area contributed by atoms with E-state index in [1.807, 2.05) is 36.4 Å². The normalized spacial score (nSPS) is 11.1. The molecule has 2 aromatic carbocycles. The number of carbonyl (C=O) groups excluding carboxylic acids is 1. The van der Waals surface area contributed by atoms with E-state index in [0.717, 1.165) is 35.5 Å². The van der Waals surface area contributed by atoms with E-state index in [-0.39, 0.29) is 0 Å². The summed E-state index contributed by atoms with van der Waals surface area (Å²) in [5.41, 5.74) is 2.97. The van der Waals surface area contributed by atoms with Crippen LogP contribution in [0.3, 0.4) is 0 Å². The fourth-order valence-corrected chi connectivity index (χ4v) is 3.65. The summed E-state index contributed by atoms with van der Waals surface area (Å²) in [5, 5.41) is 8.83. The highest BCUT2D eigenvalue weighted by Gasteiger charge is 2.09. The largest absolute Gasteiger partial charge is 0.493 e. The Labute approximate surface area is 164 Å². The number of benzene rings is 2. The van der Waals surface area contributed by atoms with Crippen molar-refractivity contribution >= 4 is 17.7 Å². The van der Waals surface area contributed by atoms with Gasteiger partial charge < -0.3 is 9.47 Å². The molecule has 0 aliphatic carbocycles. The van der Waals surface area contributed by atoms with Crippen molar-refractivity contribution in [2.75, 3.05) is 14.2 Å². The van der Waals surface area contributed by atoms with Crippen molar-refractivity contribution in [3.8, 4) is 11.5 Å². The van der Waals surface area contributed by atoms with Crippen molar-refractivity contribution in [1.29, 1.82) is 0 Å². The van der Waals surface area contributed by atoms with Crippen LogP contribution in [0.25, 0.3) is 0 Å². The molecule has 2 N–H and O–H groups in total. The number of rotatable bonds is 10. The van der Waals surface area contributed by atoms with E-state index in [2.05, 4.69) is 12.1 Å². The van der Waals surface area contributed by atoms with Crippen LogP contribution in [-0.4, -0.2) is 25.3 Å². The molecule has 0 saturated carbocycles. The topological polar surface area (TPSA) is 67.8 Å². The molecule has 0 aliphatic heterocycles. The van der Waals surface area contributed by atoms with Crippen LogP contribution in [0.1, 0.15) is 24.8 Å². The number of methoxy groups -OCH3 is 2. The molecule has 0 aromatic heterocycles. The van der Waals surface area contributed by atoms with Crippen LogP contribution in [0.15, 0.2) is 64.4 Å². The van der Waals surface area contributed by atoms with Gasteiger partial charge in [0.15, 0.2) is 11.5 Å². The van der Waals surface area contributed by atoms with Crippen LogP contribution in [-0.2, 0) is 11.2 Å². The van der Waals surface area contributed by atoms with E-state index in [9.17, 15) is 4.79 Å². The van der Waals surface area contributed by atoms with Crippen molar-refractivity contribution in [3.05, 3.63) is 65.1 Å². The molecule has 0 spiro atoms. The molecule has 27 heavy (non-hydrogen) atoms. The minimum absolute atomic E-state index is 0.527. The number of hydrogen-bond donors (Lipinski definition) is 2. The Hall–Kier alpha value is -2.44. The van der Waals surface area contributed by atoms with Gasteiger partial charge in [-0.2, -0.15) is 0 Å². The summed E-state index contributed by atoms with van der Waals surface area (Å²) in [7, 11) is 3.18. The Balaban J connectivity index is 1.99. The van der Waals surface area contributed by atoms with Gasteiger partial charge in [0.25, 0.3) is 5.91 Å². The third-order valence-electron chi connectivity index (χ3n) is 3.99. The molecule has 5 nitrogen and oxygen atoms in total. The van der Waals surface area contributed by atoms with Gasteiger partial charge in [-0.3, -0.25) is 10.0 Å². The van der Waals surface area contributed by atoms with Crippen LogP contribution < -0.4 is 15.0 Å². The van der Waals surface area contributed by atoms with Crippen LogP contribution >= 0.6 is 11.8 Å². The second-order valence-electron chi connectivity index (χ2n) is 5.90. The summed E-state index contributed by atoms with van der Waals surface area (Å²) in [6.07, 6.45) is 5.15. The first-order chi connectivity index (χ1) is 13.2. The summed E-state index contributed by atoms with van der Waals surface area (Å²) < 4.78 is 10.6. The molecule has 0 bridgehead atoms. The predicted molar refractivity (Wildman–Crippen MR) is 107 cm³/mol. The summed E-state index contributed by atoms with van der Waals surface area (Å²) in [6, 6.07) is 16.0. The molecule has 0 fully saturated rings. The maximum atomic E-state index is 11.6. The van der Waals surface area contributed by atoms with E-state index < -0.39 is 5.91 Å². The second kappa shape index (κ2) is 11.3. The average molecular weight is 388 g/mol. The highest BCUT2D eigenvalue weighted by molar-refractivity contribution is 8.03. The maximum absolute atomic E-state index is 11.6. The first-order valence-corrected chi connectivity index (χ1v) is 9.56. The average Bonchev–Trinajstić information content (AvgIpc) is 2.71. The van der Waals surface area contributed by atoms with Crippen molar-refractivity contribution in [2.24, 2.45) is 0 Å². The van der Waals surface area contributed by atoms with E-state index in [4.69, 9.17) is 14.7 Å². The lowest BCUT2D eigenvalue weighted by Gasteiger charge is -2.11. The number of hydrogen-bond acceptors (Lipinski definition) is 5. The third kappa shape index (κ3) is 7.00. The van der Waals surface area contributed by atoms with Gasteiger partial charge in [-0.1, -0.05) is 42.1 Å². The Morgan fingerprint density at radius 1 is 1.07 bits per heavy atom. The molecule has 0 heterocycles. The number of amides is 1. The summed E-state index contributed by atoms with van der Waals surface area (Å²) >= 11 is 1.48. The highest BCUT2D eigenvalue weighted by atomic mass is 32.2. The van der Waals surface area contributed by atoms with Gasteiger partial charge >= 0.3 is 0 Å². The molecule has 2 rings (SSSR count). The number of aryl methyl sites for hydroxylation is 1. The molecule has 2 aromatic rings. The summed E-state index contributed by atoms with van der Waals surface area (Å²) in [6.45, 7) is 0. The standard InChI is InChI=1S/C21H25NO4S/c1-25-19-13-12-18(14-20(19)26-2)27-17(15-21(23)22-24)11-7-6-10-16-8-4-3-5-9-16/h3-5,8-9,12-15,24H,6-7,10-11H2,1-2H3,(H,22,23)/b17-15-. The van der Waals surface area contributed by atoms with Crippen molar-refractivity contribution in [1.82, 2.24) is 5.48 Å². The quantitative estimate of drug-likeness (QED) is 0.205. The molecule has 0 aliphatic rings. The Kier molecular flexibility index (Phi) is 8.74. The van der Waals surface area contributed by atoms with Crippen LogP contribution in [0, 0.1) is 0 Å². The van der Waals surface area contributed by atoms with Crippen LogP contribution in [0.4, 0.5) is 0 Å². The lowest BCUT2D eigenvalue weighted by atomic mass is 10.1. The number of carbonyl (C=O) groups is 1. The molecule has 0 saturated heterocycles. The first kappa shape index (κ1) is 20.9. The van der Waals surface area contributed by atoms with E-state index in [0.29, 0.717) is 11.5 Å². The summed E-state index contributed by atoms with van der Waals surface area (Å²) in [5.74, 6) is 0.766. The Bertz CT molecular complexity index is 762. The maximum Gasteiger partial charge on any atom is 0.268 e. The van der Waals surface area contributed by atoms with Crippen LogP contribution in [0.2, 0.25) is 0 Å². The van der Waals surface area contributed by atoms with Crippen molar-refractivity contribution < 1.29 is 19.5 Å². The molecule has 6 heteroatoms. The molecule has 0 unspecified atom stereocenters. The van der Waals surface area contributed by atoms with E-state index >= 15 is 0 Å². The zero-order valence-electron chi connectivity index (χ0n) is 15.6. The zero-order valence-corrected chi connectivity index (χ0v) is 16.4. The minimum Gasteiger partial charge on any atom is -0.493 e. The molecule has 0 radical (unpaired) electrons. The van der Waals surface area contributed by atoms with E-state index in [1.165, 1.54) is 23.4 Å². The number of allylic oxidation sites excluding steroid dienone is 1. The van der Waals surface area contributed by atoms with Gasteiger partial charge in [0, 0.05) is 11.0 Å². The fourth-order valence-electron chi connectivity index (χ4n) is 2.64. The minimum atomic E-state index is -0.527. The smallest absolute Gasteiger partial charge is 0.268 e. The first-order valence-electron chi connectivity index (χ1n) is 8.74. The van der Waals surface area contributed by atoms with E-state index in [1.54, 1.807) is 19.7 Å². The highest BCUT2D eigenvalue weighted by Crippen LogP contribution is 2.36. The number of nitrogens with one attached hydrogen (secondary N) is 1. The lowest BCUT2D eigenvalue weighted by molar-refractivity contribution is -0.124. The summed E-state index contributed by atoms with van der Waals surface area (Å²) in [4.78, 5) is 13.4. The number of hydroxylamine groups is 1. The van der Waals surface area contributed by atoms with Gasteiger partial charge in [0.05, 0.1) is 14.2 Å². The number of unbranched alkanes of at least 4 members (excludes halogenated alkanes) is 1. The third-order valence-corrected chi connectivity index (χ3v) is 5.06. The predicted octanol–water partition coefficient (Wildman–Crippen LogP) is 4.60. The molecule has 144 valence electrons. The fraction of sp³-hybridized carbons (Fsp3) is 0.286. The van der Waals surface area contributed by atoms with Crippen LogP contribution in [0.5, 0.6) is 11.5 Å². The van der Waals surface area contributed by atoms with Crippen molar-refractivity contribution in [2.45, 2.75) is 30.6 Å².